The van der Waals surface area contributed by atoms with Crippen LogP contribution in [-0.4, -0.2) is 53.2 Å². The molecule has 0 amide bonds. The molecule has 2 N–H and O–H groups in total. The smallest absolute Gasteiger partial charge is 0.371 e. The van der Waals surface area contributed by atoms with Gasteiger partial charge in [-0.15, -0.1) is 0 Å². The van der Waals surface area contributed by atoms with Gasteiger partial charge in [0.2, 0.25) is 0 Å². The molecule has 0 heterocycles. The summed E-state index contributed by atoms with van der Waals surface area (Å²) in [6.45, 7) is 5.56. The van der Waals surface area contributed by atoms with E-state index >= 15 is 0 Å². The number of hydrogen-bond donors (Lipinski definition) is 2. The Hall–Kier alpha value is -0.700. The highest BCUT2D eigenvalue weighted by Crippen LogP contribution is 2.36. The minimum Gasteiger partial charge on any atom is -0.541 e. The Morgan fingerprint density at radius 2 is 1.30 bits per heavy atom. The molecule has 0 saturated carbocycles. The number of rotatable bonds is 15. The van der Waals surface area contributed by atoms with Gasteiger partial charge < -0.3 is 15.0 Å². The predicted molar refractivity (Wildman–Crippen MR) is 104 cm³/mol. The number of carbonyl (C=O) groups is 1. The zero-order valence-corrected chi connectivity index (χ0v) is 18.5. The third-order valence-electron chi connectivity index (χ3n) is 6.04. The van der Waals surface area contributed by atoms with Crippen LogP contribution in [0.4, 0.5) is 0 Å². The lowest BCUT2D eigenvalue weighted by atomic mass is 9.91. The molecule has 162 valence electrons. The second kappa shape index (κ2) is 10.7. The van der Waals surface area contributed by atoms with Crippen molar-refractivity contribution in [3.8, 4) is 0 Å². The van der Waals surface area contributed by atoms with E-state index < -0.39 is 31.2 Å². The summed E-state index contributed by atoms with van der Waals surface area (Å²) < 4.78 is 31.7. The first-order valence-corrected chi connectivity index (χ1v) is 11.4. The number of hydrogen-bond acceptors (Lipinski definition) is 5. The zero-order valence-electron chi connectivity index (χ0n) is 17.7. The SMILES string of the molecule is CCCCCCCCCCCCC(C)(C)[N+](C)(C)C(O)(C(=O)[O-])S(=O)(=O)O. The zero-order chi connectivity index (χ0) is 21.4. The predicted octanol–water partition coefficient (Wildman–Crippen LogP) is 2.44. The van der Waals surface area contributed by atoms with Crippen LogP contribution < -0.4 is 5.11 Å². The van der Waals surface area contributed by atoms with Crippen molar-refractivity contribution >= 4 is 16.1 Å². The van der Waals surface area contributed by atoms with Crippen LogP contribution >= 0.6 is 0 Å². The molecular weight excluding hydrogens is 370 g/mol. The average molecular weight is 410 g/mol. The molecule has 8 heteroatoms. The normalized spacial score (nSPS) is 15.5. The van der Waals surface area contributed by atoms with Crippen LogP contribution in [0.3, 0.4) is 0 Å². The Bertz CT molecular complexity index is 559. The Morgan fingerprint density at radius 1 is 0.926 bits per heavy atom. The molecule has 27 heavy (non-hydrogen) atoms. The van der Waals surface area contributed by atoms with Crippen LogP contribution in [0.1, 0.15) is 91.4 Å². The molecule has 0 aromatic carbocycles. The standard InChI is InChI=1S/C19H39NO6S/c1-6-7-8-9-10-11-12-13-14-15-16-18(2,3)20(4,5)19(23,17(21)22)27(24,25)26/h23H,6-16H2,1-5H3,(H-,21,22,24,25,26). The number of nitrogens with zero attached hydrogens (tertiary/aromatic N) is 1. The second-order valence-corrected chi connectivity index (χ2v) is 10.1. The number of carbonyl (C=O) groups excluding carboxylic acids is 1. The monoisotopic (exact) mass is 409 g/mol. The van der Waals surface area contributed by atoms with Gasteiger partial charge in [-0.25, -0.2) is 0 Å². The molecule has 0 aliphatic rings. The van der Waals surface area contributed by atoms with Gasteiger partial charge in [0.1, 0.15) is 0 Å². The fraction of sp³-hybridized carbons (Fsp3) is 0.947. The van der Waals surface area contributed by atoms with Gasteiger partial charge in [0.05, 0.1) is 19.6 Å². The maximum absolute atomic E-state index is 11.6. The van der Waals surface area contributed by atoms with E-state index in [9.17, 15) is 28.0 Å². The minimum atomic E-state index is -5.29. The van der Waals surface area contributed by atoms with E-state index in [1.807, 2.05) is 0 Å². The molecular formula is C19H39NO6S. The van der Waals surface area contributed by atoms with Gasteiger partial charge >= 0.3 is 15.2 Å². The summed E-state index contributed by atoms with van der Waals surface area (Å²) in [6, 6.07) is 0. The molecule has 0 aromatic rings. The highest BCUT2D eigenvalue weighted by atomic mass is 32.2. The number of unbranched alkanes of at least 4 members (excludes halogenated alkanes) is 9. The van der Waals surface area contributed by atoms with E-state index in [-0.39, 0.29) is 0 Å². The lowest BCUT2D eigenvalue weighted by Gasteiger charge is -2.52. The van der Waals surface area contributed by atoms with Crippen molar-refractivity contribution in [3.05, 3.63) is 0 Å². The van der Waals surface area contributed by atoms with Gasteiger partial charge in [-0.05, 0) is 20.3 Å². The topological polar surface area (TPSA) is 115 Å². The van der Waals surface area contributed by atoms with Crippen LogP contribution in [0.15, 0.2) is 0 Å². The van der Waals surface area contributed by atoms with Gasteiger partial charge in [-0.1, -0.05) is 64.7 Å². The Balaban J connectivity index is 4.59. The van der Waals surface area contributed by atoms with Crippen molar-refractivity contribution in [2.24, 2.45) is 0 Å². The summed E-state index contributed by atoms with van der Waals surface area (Å²) in [5.74, 6) is -2.23. The van der Waals surface area contributed by atoms with Gasteiger partial charge in [-0.3, -0.25) is 9.04 Å². The van der Waals surface area contributed by atoms with Gasteiger partial charge in [-0.2, -0.15) is 8.42 Å². The fourth-order valence-corrected chi connectivity index (χ4v) is 4.39. The van der Waals surface area contributed by atoms with Crippen LogP contribution in [0.5, 0.6) is 0 Å². The van der Waals surface area contributed by atoms with Crippen molar-refractivity contribution in [1.29, 1.82) is 0 Å². The Morgan fingerprint density at radius 3 is 1.63 bits per heavy atom. The molecule has 0 aromatic heterocycles. The molecule has 0 rings (SSSR count). The summed E-state index contributed by atoms with van der Waals surface area (Å²) in [7, 11) is -2.74. The maximum Gasteiger partial charge on any atom is 0.371 e. The quantitative estimate of drug-likeness (QED) is 0.186. The molecule has 1 atom stereocenters. The molecule has 0 aliphatic carbocycles. The molecule has 0 radical (unpaired) electrons. The lowest BCUT2D eigenvalue weighted by Crippen LogP contribution is -2.77. The molecule has 1 unspecified atom stereocenters. The Kier molecular flexibility index (Phi) is 10.5. The number of aliphatic hydroxyl groups is 1. The van der Waals surface area contributed by atoms with Crippen molar-refractivity contribution in [2.45, 2.75) is 102 Å². The number of quaternary nitrogens is 1. The molecule has 0 bridgehead atoms. The third-order valence-corrected chi connectivity index (χ3v) is 7.38. The van der Waals surface area contributed by atoms with E-state index in [4.69, 9.17) is 0 Å². The molecule has 0 fully saturated rings. The van der Waals surface area contributed by atoms with Gasteiger partial charge in [0.25, 0.3) is 0 Å². The van der Waals surface area contributed by atoms with E-state index in [1.54, 1.807) is 13.8 Å². The summed E-state index contributed by atoms with van der Waals surface area (Å²) >= 11 is 0. The number of likely N-dealkylation sites (N-methyl/N-ethyl adjacent to an activating group) is 1. The first kappa shape index (κ1) is 26.3. The Labute approximate surface area is 165 Å². The molecule has 0 aliphatic heterocycles. The first-order valence-electron chi connectivity index (χ1n) is 10.0. The van der Waals surface area contributed by atoms with Crippen molar-refractivity contribution in [2.75, 3.05) is 14.1 Å². The van der Waals surface area contributed by atoms with Crippen LogP contribution in [0, 0.1) is 0 Å². The molecule has 7 nitrogen and oxygen atoms in total. The summed E-state index contributed by atoms with van der Waals surface area (Å²) in [5.41, 5.74) is -0.912. The van der Waals surface area contributed by atoms with Crippen LogP contribution in [0.25, 0.3) is 0 Å². The summed E-state index contributed by atoms with van der Waals surface area (Å²) in [4.78, 5) is 11.4. The van der Waals surface area contributed by atoms with Crippen molar-refractivity contribution < 1.29 is 32.5 Å². The largest absolute Gasteiger partial charge is 0.541 e. The molecule has 0 saturated heterocycles. The van der Waals surface area contributed by atoms with Crippen molar-refractivity contribution in [3.63, 3.8) is 0 Å². The van der Waals surface area contributed by atoms with Crippen LogP contribution in [0.2, 0.25) is 0 Å². The fourth-order valence-electron chi connectivity index (χ4n) is 3.36. The minimum absolute atomic E-state index is 0.502. The number of aliphatic carboxylic acids is 1. The van der Waals surface area contributed by atoms with E-state index in [0.29, 0.717) is 6.42 Å². The number of carboxylic acids is 1. The average Bonchev–Trinajstić information content (AvgIpc) is 2.54. The lowest BCUT2D eigenvalue weighted by molar-refractivity contribution is -0.984. The van der Waals surface area contributed by atoms with Gasteiger partial charge in [0, 0.05) is 6.42 Å². The van der Waals surface area contributed by atoms with E-state index in [0.717, 1.165) is 25.7 Å². The molecule has 0 spiro atoms. The van der Waals surface area contributed by atoms with E-state index in [1.165, 1.54) is 52.6 Å². The maximum atomic E-state index is 11.6. The first-order chi connectivity index (χ1) is 12.3. The van der Waals surface area contributed by atoms with Gasteiger partial charge in [0.15, 0.2) is 5.97 Å². The third kappa shape index (κ3) is 6.69. The van der Waals surface area contributed by atoms with Crippen LogP contribution in [-0.2, 0) is 14.9 Å². The highest BCUT2D eigenvalue weighted by Gasteiger charge is 2.62. The highest BCUT2D eigenvalue weighted by molar-refractivity contribution is 7.87. The van der Waals surface area contributed by atoms with Crippen molar-refractivity contribution in [1.82, 2.24) is 0 Å². The summed E-state index contributed by atoms with van der Waals surface area (Å²) in [5, 5.41) is 18.3. The second-order valence-electron chi connectivity index (χ2n) is 8.57. The number of carboxylic acid groups (broad SMARTS) is 1. The van der Waals surface area contributed by atoms with E-state index in [2.05, 4.69) is 6.92 Å². The summed E-state index contributed by atoms with van der Waals surface area (Å²) in [6.07, 6.45) is 12.0.